The number of benzene rings is 2. The van der Waals surface area contributed by atoms with E-state index in [9.17, 15) is 14.0 Å². The van der Waals surface area contributed by atoms with Crippen molar-refractivity contribution in [2.75, 3.05) is 32.8 Å². The molecule has 3 rings (SSSR count). The van der Waals surface area contributed by atoms with Crippen molar-refractivity contribution < 1.29 is 23.5 Å². The zero-order valence-electron chi connectivity index (χ0n) is 16.5. The van der Waals surface area contributed by atoms with E-state index in [1.165, 1.54) is 24.3 Å². The maximum absolute atomic E-state index is 13.0. The van der Waals surface area contributed by atoms with Crippen LogP contribution in [0.3, 0.4) is 0 Å². The van der Waals surface area contributed by atoms with Crippen LogP contribution in [-0.4, -0.2) is 49.6 Å². The van der Waals surface area contributed by atoms with E-state index >= 15 is 0 Å². The van der Waals surface area contributed by atoms with Crippen molar-refractivity contribution in [3.05, 3.63) is 58.9 Å². The van der Waals surface area contributed by atoms with Crippen molar-refractivity contribution in [3.63, 3.8) is 0 Å². The highest BCUT2D eigenvalue weighted by atomic mass is 35.5. The first-order chi connectivity index (χ1) is 14.5. The SMILES string of the molecule is O=C1NCCCCN(C(=O)COc2ccc(F)cc2)CCCOc2ccc(Cl)cc21. The van der Waals surface area contributed by atoms with E-state index in [0.717, 1.165) is 12.8 Å². The molecule has 30 heavy (non-hydrogen) atoms. The molecule has 0 atom stereocenters. The van der Waals surface area contributed by atoms with Crippen molar-refractivity contribution >= 4 is 23.4 Å². The minimum absolute atomic E-state index is 0.120. The van der Waals surface area contributed by atoms with Crippen molar-refractivity contribution in [2.45, 2.75) is 19.3 Å². The van der Waals surface area contributed by atoms with Crippen LogP contribution in [0.15, 0.2) is 42.5 Å². The molecule has 1 aliphatic heterocycles. The normalized spacial score (nSPS) is 15.5. The first-order valence-corrected chi connectivity index (χ1v) is 10.3. The molecule has 0 fully saturated rings. The molecule has 0 aliphatic carbocycles. The second-order valence-corrected chi connectivity index (χ2v) is 7.37. The Morgan fingerprint density at radius 2 is 1.90 bits per heavy atom. The van der Waals surface area contributed by atoms with Gasteiger partial charge in [0.1, 0.15) is 17.3 Å². The number of fused-ring (bicyclic) bond motifs is 1. The third-order valence-electron chi connectivity index (χ3n) is 4.69. The van der Waals surface area contributed by atoms with E-state index in [-0.39, 0.29) is 24.2 Å². The number of nitrogens with zero attached hydrogens (tertiary/aromatic N) is 1. The van der Waals surface area contributed by atoms with Crippen LogP contribution in [-0.2, 0) is 4.79 Å². The lowest BCUT2D eigenvalue weighted by Gasteiger charge is -2.23. The molecule has 0 spiro atoms. The van der Waals surface area contributed by atoms with Crippen molar-refractivity contribution in [3.8, 4) is 11.5 Å². The number of carbonyl (C=O) groups is 2. The summed E-state index contributed by atoms with van der Waals surface area (Å²) in [4.78, 5) is 26.8. The summed E-state index contributed by atoms with van der Waals surface area (Å²) in [7, 11) is 0. The molecule has 1 heterocycles. The van der Waals surface area contributed by atoms with Crippen LogP contribution < -0.4 is 14.8 Å². The van der Waals surface area contributed by atoms with E-state index in [1.807, 2.05) is 0 Å². The van der Waals surface area contributed by atoms with Gasteiger partial charge in [-0.3, -0.25) is 9.59 Å². The Morgan fingerprint density at radius 3 is 2.70 bits per heavy atom. The van der Waals surface area contributed by atoms with Crippen molar-refractivity contribution in [1.29, 1.82) is 0 Å². The monoisotopic (exact) mass is 434 g/mol. The highest BCUT2D eigenvalue weighted by Gasteiger charge is 2.17. The van der Waals surface area contributed by atoms with Gasteiger partial charge in [-0.1, -0.05) is 11.6 Å². The molecule has 0 saturated carbocycles. The molecule has 0 saturated heterocycles. The molecular formula is C22H24ClFN2O4. The fourth-order valence-corrected chi connectivity index (χ4v) is 3.27. The van der Waals surface area contributed by atoms with Gasteiger partial charge in [0.2, 0.25) is 0 Å². The van der Waals surface area contributed by atoms with E-state index in [0.29, 0.717) is 54.7 Å². The fourth-order valence-electron chi connectivity index (χ4n) is 3.10. The molecule has 160 valence electrons. The van der Waals surface area contributed by atoms with Gasteiger partial charge in [0.15, 0.2) is 6.61 Å². The second kappa shape index (κ2) is 10.8. The molecule has 8 heteroatoms. The molecule has 2 aromatic rings. The number of hydrogen-bond donors (Lipinski definition) is 1. The van der Waals surface area contributed by atoms with Crippen LogP contribution >= 0.6 is 11.6 Å². The van der Waals surface area contributed by atoms with E-state index in [4.69, 9.17) is 21.1 Å². The lowest BCUT2D eigenvalue weighted by atomic mass is 10.2. The predicted octanol–water partition coefficient (Wildman–Crippen LogP) is 3.68. The predicted molar refractivity (Wildman–Crippen MR) is 112 cm³/mol. The lowest BCUT2D eigenvalue weighted by Crippen LogP contribution is -2.37. The number of ether oxygens (including phenoxy) is 2. The summed E-state index contributed by atoms with van der Waals surface area (Å²) >= 11 is 6.02. The summed E-state index contributed by atoms with van der Waals surface area (Å²) in [5.41, 5.74) is 0.405. The number of hydrogen-bond acceptors (Lipinski definition) is 4. The Morgan fingerprint density at radius 1 is 1.13 bits per heavy atom. The molecule has 1 aliphatic rings. The number of rotatable bonds is 3. The number of halogens is 2. The third-order valence-corrected chi connectivity index (χ3v) is 4.92. The molecule has 2 aromatic carbocycles. The standard InChI is InChI=1S/C22H24ClFN2O4/c23-16-4-9-20-19(14-16)22(28)25-10-1-2-11-26(12-3-13-29-20)21(27)15-30-18-7-5-17(24)6-8-18/h4-9,14H,1-3,10-13,15H2,(H,25,28). The maximum atomic E-state index is 13.0. The van der Waals surface area contributed by atoms with Gasteiger partial charge in [-0.25, -0.2) is 4.39 Å². The van der Waals surface area contributed by atoms with Crippen LogP contribution in [0, 0.1) is 5.82 Å². The van der Waals surface area contributed by atoms with Crippen LogP contribution in [0.2, 0.25) is 5.02 Å². The molecular weight excluding hydrogens is 411 g/mol. The Bertz CT molecular complexity index is 876. The Balaban J connectivity index is 1.59. The molecule has 0 unspecified atom stereocenters. The highest BCUT2D eigenvalue weighted by Crippen LogP contribution is 2.23. The van der Waals surface area contributed by atoms with Gasteiger partial charge in [-0.05, 0) is 61.7 Å². The Kier molecular flexibility index (Phi) is 7.90. The number of amides is 2. The van der Waals surface area contributed by atoms with E-state index in [1.54, 1.807) is 23.1 Å². The van der Waals surface area contributed by atoms with Gasteiger partial charge in [-0.2, -0.15) is 0 Å². The minimum atomic E-state index is -0.358. The summed E-state index contributed by atoms with van der Waals surface area (Å²) in [5, 5.41) is 3.33. The van der Waals surface area contributed by atoms with E-state index < -0.39 is 0 Å². The summed E-state index contributed by atoms with van der Waals surface area (Å²) in [6.07, 6.45) is 2.07. The number of carbonyl (C=O) groups excluding carboxylic acids is 2. The zero-order valence-corrected chi connectivity index (χ0v) is 17.3. The quantitative estimate of drug-likeness (QED) is 0.800. The molecule has 1 N–H and O–H groups in total. The lowest BCUT2D eigenvalue weighted by molar-refractivity contribution is -0.133. The average Bonchev–Trinajstić information content (AvgIpc) is 2.75. The smallest absolute Gasteiger partial charge is 0.260 e. The maximum Gasteiger partial charge on any atom is 0.260 e. The molecule has 0 bridgehead atoms. The minimum Gasteiger partial charge on any atom is -0.493 e. The molecule has 0 radical (unpaired) electrons. The van der Waals surface area contributed by atoms with Gasteiger partial charge >= 0.3 is 0 Å². The largest absolute Gasteiger partial charge is 0.493 e. The second-order valence-electron chi connectivity index (χ2n) is 6.93. The molecule has 2 amide bonds. The topological polar surface area (TPSA) is 67.9 Å². The zero-order chi connectivity index (χ0) is 21.3. The summed E-state index contributed by atoms with van der Waals surface area (Å²) in [5.74, 6) is 0.173. The van der Waals surface area contributed by atoms with Gasteiger partial charge in [0.25, 0.3) is 11.8 Å². The third kappa shape index (κ3) is 6.35. The van der Waals surface area contributed by atoms with E-state index in [2.05, 4.69) is 5.32 Å². The van der Waals surface area contributed by atoms with Crippen LogP contribution in [0.5, 0.6) is 11.5 Å². The first-order valence-electron chi connectivity index (χ1n) is 9.89. The van der Waals surface area contributed by atoms with Gasteiger partial charge in [-0.15, -0.1) is 0 Å². The average molecular weight is 435 g/mol. The summed E-state index contributed by atoms with van der Waals surface area (Å²) in [6.45, 7) is 1.78. The first kappa shape index (κ1) is 21.9. The number of nitrogens with one attached hydrogen (secondary N) is 1. The Hall–Kier alpha value is -2.80. The van der Waals surface area contributed by atoms with Gasteiger partial charge in [0, 0.05) is 24.7 Å². The van der Waals surface area contributed by atoms with Gasteiger partial charge in [0.05, 0.1) is 12.2 Å². The summed E-state index contributed by atoms with van der Waals surface area (Å²) < 4.78 is 24.2. The van der Waals surface area contributed by atoms with Crippen LogP contribution in [0.1, 0.15) is 29.6 Å². The highest BCUT2D eigenvalue weighted by molar-refractivity contribution is 6.31. The van der Waals surface area contributed by atoms with Crippen LogP contribution in [0.4, 0.5) is 4.39 Å². The summed E-state index contributed by atoms with van der Waals surface area (Å²) in [6, 6.07) is 10.5. The van der Waals surface area contributed by atoms with Crippen LogP contribution in [0.25, 0.3) is 0 Å². The van der Waals surface area contributed by atoms with Crippen molar-refractivity contribution in [2.24, 2.45) is 0 Å². The van der Waals surface area contributed by atoms with Gasteiger partial charge < -0.3 is 19.7 Å². The Labute approximate surface area is 179 Å². The van der Waals surface area contributed by atoms with Crippen molar-refractivity contribution in [1.82, 2.24) is 10.2 Å². The fraction of sp³-hybridized carbons (Fsp3) is 0.364. The molecule has 6 nitrogen and oxygen atoms in total. The molecule has 0 aromatic heterocycles.